The van der Waals surface area contributed by atoms with Crippen molar-refractivity contribution in [3.8, 4) is 5.75 Å². The molecule has 2 rings (SSSR count). The molecule has 2 aromatic rings. The predicted octanol–water partition coefficient (Wildman–Crippen LogP) is 4.73. The summed E-state index contributed by atoms with van der Waals surface area (Å²) in [6.07, 6.45) is 1.14. The highest BCUT2D eigenvalue weighted by atomic mass is 79.9. The van der Waals surface area contributed by atoms with E-state index in [-0.39, 0.29) is 5.82 Å². The first kappa shape index (κ1) is 15.5. The molecule has 20 heavy (non-hydrogen) atoms. The molecule has 0 atom stereocenters. The van der Waals surface area contributed by atoms with Crippen LogP contribution in [0.3, 0.4) is 0 Å². The quantitative estimate of drug-likeness (QED) is 0.723. The molecule has 0 fully saturated rings. The molecular formula is C15H17BrFNOS. The highest BCUT2D eigenvalue weighted by Gasteiger charge is 2.05. The maximum absolute atomic E-state index is 13.0. The Balaban J connectivity index is 1.87. The lowest BCUT2D eigenvalue weighted by Crippen LogP contribution is -2.12. The monoisotopic (exact) mass is 357 g/mol. The molecule has 1 aromatic heterocycles. The molecule has 1 aromatic carbocycles. The molecule has 5 heteroatoms. The summed E-state index contributed by atoms with van der Waals surface area (Å²) in [4.78, 5) is 2.46. The molecule has 0 saturated heterocycles. The molecule has 0 aliphatic carbocycles. The molecular weight excluding hydrogens is 341 g/mol. The van der Waals surface area contributed by atoms with Gasteiger partial charge in [0.05, 0.1) is 4.47 Å². The number of hydrogen-bond acceptors (Lipinski definition) is 3. The van der Waals surface area contributed by atoms with Gasteiger partial charge in [-0.1, -0.05) is 6.92 Å². The first-order chi connectivity index (χ1) is 9.69. The fourth-order valence-electron chi connectivity index (χ4n) is 1.72. The summed E-state index contributed by atoms with van der Waals surface area (Å²) < 4.78 is 19.3. The van der Waals surface area contributed by atoms with Gasteiger partial charge in [0.25, 0.3) is 0 Å². The van der Waals surface area contributed by atoms with Crippen LogP contribution in [0.15, 0.2) is 34.8 Å². The highest BCUT2D eigenvalue weighted by molar-refractivity contribution is 9.10. The Morgan fingerprint density at radius 2 is 2.05 bits per heavy atom. The van der Waals surface area contributed by atoms with Gasteiger partial charge in [-0.15, -0.1) is 11.3 Å². The van der Waals surface area contributed by atoms with Gasteiger partial charge in [0, 0.05) is 16.3 Å². The van der Waals surface area contributed by atoms with E-state index in [1.807, 2.05) is 0 Å². The van der Waals surface area contributed by atoms with Crippen molar-refractivity contribution in [2.24, 2.45) is 0 Å². The SMILES string of the molecule is CCCNCc1ccc(COc2ccc(F)cc2Br)s1. The van der Waals surface area contributed by atoms with Crippen molar-refractivity contribution in [3.63, 3.8) is 0 Å². The van der Waals surface area contributed by atoms with Gasteiger partial charge in [0.2, 0.25) is 0 Å². The standard InChI is InChI=1S/C15H17BrFNOS/c1-2-7-18-9-12-4-5-13(20-12)10-19-15-6-3-11(17)8-14(15)16/h3-6,8,18H,2,7,9-10H2,1H3. The molecule has 0 spiro atoms. The second-order valence-corrected chi connectivity index (χ2v) is 6.52. The lowest BCUT2D eigenvalue weighted by atomic mass is 10.3. The lowest BCUT2D eigenvalue weighted by Gasteiger charge is -2.06. The summed E-state index contributed by atoms with van der Waals surface area (Å²) >= 11 is 5.03. The van der Waals surface area contributed by atoms with Crippen molar-refractivity contribution in [3.05, 3.63) is 50.4 Å². The molecule has 1 N–H and O–H groups in total. The van der Waals surface area contributed by atoms with Crippen LogP contribution in [0.2, 0.25) is 0 Å². The van der Waals surface area contributed by atoms with Gasteiger partial charge in [-0.3, -0.25) is 0 Å². The maximum Gasteiger partial charge on any atom is 0.134 e. The van der Waals surface area contributed by atoms with Crippen molar-refractivity contribution in [2.45, 2.75) is 26.5 Å². The number of benzene rings is 1. The zero-order valence-corrected chi connectivity index (χ0v) is 13.7. The van der Waals surface area contributed by atoms with E-state index in [2.05, 4.69) is 40.3 Å². The van der Waals surface area contributed by atoms with Crippen LogP contribution in [-0.4, -0.2) is 6.54 Å². The minimum Gasteiger partial charge on any atom is -0.487 e. The fraction of sp³-hybridized carbons (Fsp3) is 0.333. The number of thiophene rings is 1. The van der Waals surface area contributed by atoms with E-state index in [1.165, 1.54) is 17.0 Å². The summed E-state index contributed by atoms with van der Waals surface area (Å²) in [6.45, 7) is 4.59. The summed E-state index contributed by atoms with van der Waals surface area (Å²) in [5.74, 6) is 0.384. The van der Waals surface area contributed by atoms with Gasteiger partial charge in [0.15, 0.2) is 0 Å². The Morgan fingerprint density at radius 3 is 2.80 bits per heavy atom. The molecule has 2 nitrogen and oxygen atoms in total. The number of ether oxygens (including phenoxy) is 1. The Morgan fingerprint density at radius 1 is 1.25 bits per heavy atom. The van der Waals surface area contributed by atoms with Crippen LogP contribution >= 0.6 is 27.3 Å². The zero-order valence-electron chi connectivity index (χ0n) is 11.3. The summed E-state index contributed by atoms with van der Waals surface area (Å²) in [5.41, 5.74) is 0. The van der Waals surface area contributed by atoms with Crippen molar-refractivity contribution in [2.75, 3.05) is 6.54 Å². The van der Waals surface area contributed by atoms with Crippen LogP contribution in [0, 0.1) is 5.82 Å². The Kier molecular flexibility index (Phi) is 6.01. The third-order valence-corrected chi connectivity index (χ3v) is 4.39. The molecule has 0 amide bonds. The van der Waals surface area contributed by atoms with E-state index in [0.717, 1.165) is 24.4 Å². The van der Waals surface area contributed by atoms with Crippen molar-refractivity contribution in [1.82, 2.24) is 5.32 Å². The van der Waals surface area contributed by atoms with Crippen LogP contribution < -0.4 is 10.1 Å². The van der Waals surface area contributed by atoms with Gasteiger partial charge in [-0.2, -0.15) is 0 Å². The molecule has 0 radical (unpaired) electrons. The average molecular weight is 358 g/mol. The smallest absolute Gasteiger partial charge is 0.134 e. The molecule has 108 valence electrons. The minimum absolute atomic E-state index is 0.273. The van der Waals surface area contributed by atoms with E-state index in [0.29, 0.717) is 16.8 Å². The largest absolute Gasteiger partial charge is 0.487 e. The maximum atomic E-state index is 13.0. The topological polar surface area (TPSA) is 21.3 Å². The normalized spacial score (nSPS) is 10.8. The van der Waals surface area contributed by atoms with Crippen LogP contribution in [0.5, 0.6) is 5.75 Å². The van der Waals surface area contributed by atoms with Gasteiger partial charge in [-0.05, 0) is 59.2 Å². The Labute approximate surface area is 131 Å². The molecule has 0 bridgehead atoms. The molecule has 0 aliphatic heterocycles. The van der Waals surface area contributed by atoms with E-state index in [4.69, 9.17) is 4.74 Å². The van der Waals surface area contributed by atoms with Crippen molar-refractivity contribution >= 4 is 27.3 Å². The first-order valence-electron chi connectivity index (χ1n) is 6.55. The fourth-order valence-corrected chi connectivity index (χ4v) is 3.09. The van der Waals surface area contributed by atoms with Crippen LogP contribution in [0.4, 0.5) is 4.39 Å². The highest BCUT2D eigenvalue weighted by Crippen LogP contribution is 2.27. The summed E-state index contributed by atoms with van der Waals surface area (Å²) in [6, 6.07) is 8.63. The molecule has 0 aliphatic rings. The number of nitrogens with one attached hydrogen (secondary N) is 1. The second kappa shape index (κ2) is 7.76. The summed E-state index contributed by atoms with van der Waals surface area (Å²) in [5, 5.41) is 3.37. The van der Waals surface area contributed by atoms with E-state index >= 15 is 0 Å². The molecule has 1 heterocycles. The van der Waals surface area contributed by atoms with Crippen molar-refractivity contribution < 1.29 is 9.13 Å². The second-order valence-electron chi connectivity index (χ2n) is 4.41. The number of halogens is 2. The van der Waals surface area contributed by atoms with Crippen LogP contribution in [0.25, 0.3) is 0 Å². The lowest BCUT2D eigenvalue weighted by molar-refractivity contribution is 0.307. The Bertz CT molecular complexity index is 559. The average Bonchev–Trinajstić information content (AvgIpc) is 2.86. The van der Waals surface area contributed by atoms with E-state index < -0.39 is 0 Å². The summed E-state index contributed by atoms with van der Waals surface area (Å²) in [7, 11) is 0. The van der Waals surface area contributed by atoms with Gasteiger partial charge in [0.1, 0.15) is 18.2 Å². The molecule has 0 saturated carbocycles. The molecule has 0 unspecified atom stereocenters. The minimum atomic E-state index is -0.273. The van der Waals surface area contributed by atoms with Gasteiger partial charge >= 0.3 is 0 Å². The Hall–Kier alpha value is -0.910. The van der Waals surface area contributed by atoms with Gasteiger partial charge < -0.3 is 10.1 Å². The third-order valence-electron chi connectivity index (χ3n) is 2.71. The number of rotatable bonds is 7. The van der Waals surface area contributed by atoms with Crippen LogP contribution in [-0.2, 0) is 13.2 Å². The third kappa shape index (κ3) is 4.58. The predicted molar refractivity (Wildman–Crippen MR) is 84.7 cm³/mol. The van der Waals surface area contributed by atoms with Crippen molar-refractivity contribution in [1.29, 1.82) is 0 Å². The number of hydrogen-bond donors (Lipinski definition) is 1. The van der Waals surface area contributed by atoms with Gasteiger partial charge in [-0.25, -0.2) is 4.39 Å². The van der Waals surface area contributed by atoms with Crippen LogP contribution in [0.1, 0.15) is 23.1 Å². The van der Waals surface area contributed by atoms with E-state index in [1.54, 1.807) is 17.4 Å². The van der Waals surface area contributed by atoms with E-state index in [9.17, 15) is 4.39 Å². The zero-order chi connectivity index (χ0) is 14.4. The first-order valence-corrected chi connectivity index (χ1v) is 8.16.